The molecule has 206 valence electrons. The van der Waals surface area contributed by atoms with E-state index in [4.69, 9.17) is 14.7 Å². The monoisotopic (exact) mass is 553 g/mol. The van der Waals surface area contributed by atoms with Crippen LogP contribution in [-0.4, -0.2) is 32.7 Å². The molecule has 0 spiro atoms. The zero-order valence-corrected chi connectivity index (χ0v) is 21.7. The van der Waals surface area contributed by atoms with Crippen molar-refractivity contribution in [1.29, 1.82) is 5.26 Å². The fourth-order valence-corrected chi connectivity index (χ4v) is 5.06. The second kappa shape index (κ2) is 10.3. The molecule has 0 unspecified atom stereocenters. The van der Waals surface area contributed by atoms with E-state index in [1.165, 1.54) is 25.3 Å². The van der Waals surface area contributed by atoms with Crippen LogP contribution in [-0.2, 0) is 18.0 Å². The Morgan fingerprint density at radius 1 is 1.15 bits per heavy atom. The number of methoxy groups -OCH3 is 1. The lowest BCUT2D eigenvalue weighted by Crippen LogP contribution is -2.29. The van der Waals surface area contributed by atoms with Crippen LogP contribution < -0.4 is 10.3 Å². The highest BCUT2D eigenvalue weighted by Crippen LogP contribution is 2.42. The minimum Gasteiger partial charge on any atom is -0.481 e. The molecule has 0 bridgehead atoms. The number of benzene rings is 1. The molecule has 8 nitrogen and oxygen atoms in total. The lowest BCUT2D eigenvalue weighted by Gasteiger charge is -2.34. The maximum absolute atomic E-state index is 15.2. The van der Waals surface area contributed by atoms with E-state index in [1.807, 2.05) is 13.0 Å². The van der Waals surface area contributed by atoms with Crippen LogP contribution in [0.1, 0.15) is 54.4 Å². The fraction of sp³-hybridized carbons (Fsp3) is 0.321. The molecule has 4 heterocycles. The second-order valence-corrected chi connectivity index (χ2v) is 9.63. The van der Waals surface area contributed by atoms with Gasteiger partial charge in [-0.2, -0.15) is 18.4 Å². The van der Waals surface area contributed by atoms with Gasteiger partial charge in [0.1, 0.15) is 11.3 Å². The summed E-state index contributed by atoms with van der Waals surface area (Å²) in [6.07, 6.45) is -3.02. The van der Waals surface area contributed by atoms with Gasteiger partial charge in [-0.15, -0.1) is 0 Å². The summed E-state index contributed by atoms with van der Waals surface area (Å²) in [5.74, 6) is -2.18. The molecule has 1 fully saturated rings. The van der Waals surface area contributed by atoms with E-state index in [-0.39, 0.29) is 45.8 Å². The standard InChI is InChI=1S/C28H23F4N5O3/c1-14-8-17(10-22(40-14)16-6-7-34-23(11-16)39-3)21-12-19-25(36-27(28(30,31)32)37(2)26(19)38)24(35-21)18-5-4-15(13-33)9-20(18)29/h4-7,9,11-12,14,17,22H,8,10H2,1-3H3/t14-,17+,22-/m1/s1. The van der Waals surface area contributed by atoms with Crippen LogP contribution >= 0.6 is 0 Å². The zero-order valence-electron chi connectivity index (χ0n) is 21.7. The van der Waals surface area contributed by atoms with E-state index in [2.05, 4.69) is 15.0 Å². The van der Waals surface area contributed by atoms with Crippen LogP contribution in [0.4, 0.5) is 17.6 Å². The molecule has 0 radical (unpaired) electrons. The van der Waals surface area contributed by atoms with Crippen molar-refractivity contribution in [2.45, 2.75) is 44.1 Å². The van der Waals surface area contributed by atoms with Crippen molar-refractivity contribution >= 4 is 10.9 Å². The van der Waals surface area contributed by atoms with E-state index < -0.39 is 23.4 Å². The molecule has 3 atom stereocenters. The molecule has 12 heteroatoms. The van der Waals surface area contributed by atoms with Gasteiger partial charge in [-0.05, 0) is 55.7 Å². The highest BCUT2D eigenvalue weighted by molar-refractivity contribution is 5.91. The van der Waals surface area contributed by atoms with E-state index in [0.29, 0.717) is 29.0 Å². The van der Waals surface area contributed by atoms with Gasteiger partial charge in [0.15, 0.2) is 0 Å². The molecule has 1 aromatic carbocycles. The largest absolute Gasteiger partial charge is 0.481 e. The number of pyridine rings is 2. The Balaban J connectivity index is 1.71. The highest BCUT2D eigenvalue weighted by atomic mass is 19.4. The molecule has 1 saturated heterocycles. The number of ether oxygens (including phenoxy) is 2. The third-order valence-electron chi connectivity index (χ3n) is 6.96. The second-order valence-electron chi connectivity index (χ2n) is 9.63. The predicted octanol–water partition coefficient (Wildman–Crippen LogP) is 5.45. The minimum atomic E-state index is -4.93. The van der Waals surface area contributed by atoms with E-state index >= 15 is 4.39 Å². The van der Waals surface area contributed by atoms with Crippen LogP contribution in [0, 0.1) is 17.1 Å². The predicted molar refractivity (Wildman–Crippen MR) is 136 cm³/mol. The molecule has 0 N–H and O–H groups in total. The summed E-state index contributed by atoms with van der Waals surface area (Å²) in [6.45, 7) is 1.88. The van der Waals surface area contributed by atoms with Crippen molar-refractivity contribution in [3.05, 3.63) is 81.4 Å². The van der Waals surface area contributed by atoms with E-state index in [1.54, 1.807) is 18.3 Å². The van der Waals surface area contributed by atoms with Gasteiger partial charge in [0.25, 0.3) is 5.56 Å². The van der Waals surface area contributed by atoms with Crippen LogP contribution in [0.15, 0.2) is 47.4 Å². The summed E-state index contributed by atoms with van der Waals surface area (Å²) >= 11 is 0. The lowest BCUT2D eigenvalue weighted by atomic mass is 9.86. The summed E-state index contributed by atoms with van der Waals surface area (Å²) in [7, 11) is 2.49. The molecule has 0 saturated carbocycles. The average Bonchev–Trinajstić information content (AvgIpc) is 2.93. The fourth-order valence-electron chi connectivity index (χ4n) is 5.06. The molecule has 4 aromatic rings. The SMILES string of the molecule is COc1cc([C@H]2C[C@@H](c3cc4c(=O)n(C)c(C(F)(F)F)nc4c(-c4ccc(C#N)cc4F)n3)C[C@@H](C)O2)ccn1. The maximum atomic E-state index is 15.2. The Kier molecular flexibility index (Phi) is 7.01. The van der Waals surface area contributed by atoms with Gasteiger partial charge < -0.3 is 9.47 Å². The van der Waals surface area contributed by atoms with Crippen molar-refractivity contribution in [1.82, 2.24) is 19.5 Å². The van der Waals surface area contributed by atoms with Crippen LogP contribution in [0.25, 0.3) is 22.2 Å². The van der Waals surface area contributed by atoms with Crippen LogP contribution in [0.2, 0.25) is 0 Å². The lowest BCUT2D eigenvalue weighted by molar-refractivity contribution is -0.147. The van der Waals surface area contributed by atoms with E-state index in [0.717, 1.165) is 18.7 Å². The average molecular weight is 554 g/mol. The summed E-state index contributed by atoms with van der Waals surface area (Å²) in [6, 6.07) is 10.3. The smallest absolute Gasteiger partial charge is 0.449 e. The third kappa shape index (κ3) is 5.00. The Hall–Kier alpha value is -4.37. The van der Waals surface area contributed by atoms with Crippen molar-refractivity contribution in [2.24, 2.45) is 7.05 Å². The Labute approximate surface area is 225 Å². The molecule has 3 aromatic heterocycles. The van der Waals surface area contributed by atoms with E-state index in [9.17, 15) is 18.0 Å². The number of alkyl halides is 3. The molecule has 1 aliphatic rings. The summed E-state index contributed by atoms with van der Waals surface area (Å²) < 4.78 is 68.3. The van der Waals surface area contributed by atoms with Crippen molar-refractivity contribution in [2.75, 3.05) is 7.11 Å². The number of rotatable bonds is 4. The first-order valence-electron chi connectivity index (χ1n) is 12.3. The number of nitrogens with zero attached hydrogens (tertiary/aromatic N) is 5. The van der Waals surface area contributed by atoms with Crippen LogP contribution in [0.3, 0.4) is 0 Å². The first-order valence-corrected chi connectivity index (χ1v) is 12.3. The third-order valence-corrected chi connectivity index (χ3v) is 6.96. The Bertz CT molecular complexity index is 1710. The van der Waals surface area contributed by atoms with Gasteiger partial charge in [0.2, 0.25) is 11.7 Å². The molecule has 0 amide bonds. The summed E-state index contributed by atoms with van der Waals surface area (Å²) in [4.78, 5) is 25.7. The molecule has 40 heavy (non-hydrogen) atoms. The first-order chi connectivity index (χ1) is 19.0. The van der Waals surface area contributed by atoms with Gasteiger partial charge in [-0.3, -0.25) is 14.3 Å². The van der Waals surface area contributed by atoms with Crippen molar-refractivity contribution in [3.8, 4) is 23.2 Å². The number of aromatic nitrogens is 4. The normalized spacial score (nSPS) is 19.4. The van der Waals surface area contributed by atoms with Gasteiger partial charge in [0, 0.05) is 36.5 Å². The highest BCUT2D eigenvalue weighted by Gasteiger charge is 2.38. The van der Waals surface area contributed by atoms with Gasteiger partial charge in [-0.25, -0.2) is 14.4 Å². The quantitative estimate of drug-likeness (QED) is 0.310. The molecule has 5 rings (SSSR count). The van der Waals surface area contributed by atoms with Gasteiger partial charge in [0.05, 0.1) is 42.0 Å². The minimum absolute atomic E-state index is 0.0236. The van der Waals surface area contributed by atoms with Crippen molar-refractivity contribution < 1.29 is 27.0 Å². The first kappa shape index (κ1) is 27.2. The molecule has 1 aliphatic heterocycles. The molecular weight excluding hydrogens is 530 g/mol. The number of fused-ring (bicyclic) bond motifs is 1. The number of halogens is 4. The van der Waals surface area contributed by atoms with Crippen LogP contribution in [0.5, 0.6) is 5.88 Å². The van der Waals surface area contributed by atoms with Gasteiger partial charge in [-0.1, -0.05) is 0 Å². The maximum Gasteiger partial charge on any atom is 0.449 e. The number of hydrogen-bond donors (Lipinski definition) is 0. The Morgan fingerprint density at radius 3 is 2.60 bits per heavy atom. The topological polar surface area (TPSA) is 103 Å². The summed E-state index contributed by atoms with van der Waals surface area (Å²) in [5, 5.41) is 9.02. The summed E-state index contributed by atoms with van der Waals surface area (Å²) in [5.41, 5.74) is -0.462. The van der Waals surface area contributed by atoms with Gasteiger partial charge >= 0.3 is 6.18 Å². The van der Waals surface area contributed by atoms with Crippen molar-refractivity contribution in [3.63, 3.8) is 0 Å². The number of hydrogen-bond acceptors (Lipinski definition) is 7. The Morgan fingerprint density at radius 2 is 1.93 bits per heavy atom. The molecular formula is C28H23F4N5O3. The number of nitriles is 1. The zero-order chi connectivity index (χ0) is 28.8. The molecule has 0 aliphatic carbocycles.